The van der Waals surface area contributed by atoms with Gasteiger partial charge < -0.3 is 4.90 Å². The zero-order valence-electron chi connectivity index (χ0n) is 17.7. The van der Waals surface area contributed by atoms with Gasteiger partial charge >= 0.3 is 0 Å². The smallest absolute Gasteiger partial charge is 0.291 e. The number of hydrogen-bond acceptors (Lipinski definition) is 5. The maximum Gasteiger partial charge on any atom is 0.291 e. The van der Waals surface area contributed by atoms with E-state index in [4.69, 9.17) is 34.8 Å². The predicted octanol–water partition coefficient (Wildman–Crippen LogP) is 5.24. The number of aromatic nitrogens is 3. The summed E-state index contributed by atoms with van der Waals surface area (Å²) in [5.74, 6) is 0.0674. The number of benzene rings is 3. The van der Waals surface area contributed by atoms with Crippen molar-refractivity contribution in [2.75, 3.05) is 4.90 Å². The molecule has 0 unspecified atom stereocenters. The lowest BCUT2D eigenvalue weighted by atomic mass is 10.1. The third kappa shape index (κ3) is 3.72. The molecular formula is C25H13Cl3N4O2S. The topological polar surface area (TPSA) is 67.6 Å². The Kier molecular flexibility index (Phi) is 5.38. The molecule has 172 valence electrons. The molecular weight excluding hydrogens is 527 g/mol. The van der Waals surface area contributed by atoms with E-state index < -0.39 is 5.56 Å². The first-order chi connectivity index (χ1) is 16.9. The van der Waals surface area contributed by atoms with Gasteiger partial charge in [0.25, 0.3) is 11.5 Å². The van der Waals surface area contributed by atoms with Gasteiger partial charge in [0.15, 0.2) is 5.82 Å². The van der Waals surface area contributed by atoms with Crippen molar-refractivity contribution >= 4 is 68.3 Å². The highest BCUT2D eigenvalue weighted by Crippen LogP contribution is 2.36. The first kappa shape index (κ1) is 22.2. The lowest BCUT2D eigenvalue weighted by molar-refractivity contribution is -0.113. The summed E-state index contributed by atoms with van der Waals surface area (Å²) >= 11 is 19.4. The monoisotopic (exact) mass is 538 g/mol. The number of hydrogen-bond donors (Lipinski definition) is 0. The Hall–Kier alpha value is -3.23. The standard InChI is InChI=1S/C25H13Cl3N4O2S/c26-14-7-5-13(6-8-14)12-31-19-4-2-1-3-17(19)20(23(31)33)21-24(34)32-25(35-21)29-22(30-32)16-10-9-15(27)11-18(16)28/h1-11H,12H2. The largest absolute Gasteiger partial charge is 0.303 e. The Labute approximate surface area is 217 Å². The predicted molar refractivity (Wildman–Crippen MR) is 139 cm³/mol. The van der Waals surface area contributed by atoms with Crippen molar-refractivity contribution in [2.24, 2.45) is 0 Å². The van der Waals surface area contributed by atoms with Crippen LogP contribution >= 0.6 is 46.1 Å². The molecule has 1 aliphatic rings. The number of thiazole rings is 1. The van der Waals surface area contributed by atoms with Gasteiger partial charge in [0, 0.05) is 21.2 Å². The van der Waals surface area contributed by atoms with Crippen molar-refractivity contribution in [3.63, 3.8) is 0 Å². The molecule has 1 amide bonds. The van der Waals surface area contributed by atoms with Crippen molar-refractivity contribution in [1.29, 1.82) is 0 Å². The molecule has 6 rings (SSSR count). The molecule has 0 saturated heterocycles. The van der Waals surface area contributed by atoms with Crippen LogP contribution in [0.25, 0.3) is 21.9 Å². The average Bonchev–Trinajstić information content (AvgIpc) is 3.46. The summed E-state index contributed by atoms with van der Waals surface area (Å²) in [6.45, 7) is 0.352. The minimum Gasteiger partial charge on any atom is -0.303 e. The molecule has 3 aromatic carbocycles. The molecule has 0 radical (unpaired) electrons. The fourth-order valence-corrected chi connectivity index (χ4v) is 5.72. The Morgan fingerprint density at radius 1 is 0.857 bits per heavy atom. The molecule has 0 atom stereocenters. The van der Waals surface area contributed by atoms with Crippen molar-refractivity contribution in [1.82, 2.24) is 14.6 Å². The first-order valence-corrected chi connectivity index (χ1v) is 12.4. The quantitative estimate of drug-likeness (QED) is 0.314. The van der Waals surface area contributed by atoms with Crippen molar-refractivity contribution in [3.8, 4) is 11.4 Å². The van der Waals surface area contributed by atoms with E-state index in [0.717, 1.165) is 22.6 Å². The number of fused-ring (bicyclic) bond motifs is 2. The van der Waals surface area contributed by atoms with Gasteiger partial charge in [-0.05, 0) is 42.0 Å². The van der Waals surface area contributed by atoms with Crippen molar-refractivity contribution in [2.45, 2.75) is 6.54 Å². The molecule has 1 aliphatic heterocycles. The zero-order valence-corrected chi connectivity index (χ0v) is 20.8. The minimum absolute atomic E-state index is 0.247. The van der Waals surface area contributed by atoms with Gasteiger partial charge in [-0.2, -0.15) is 9.50 Å². The Balaban J connectivity index is 1.48. The molecule has 10 heteroatoms. The summed E-state index contributed by atoms with van der Waals surface area (Å²) in [5.41, 5.74) is 2.89. The van der Waals surface area contributed by atoms with Crippen LogP contribution < -0.4 is 15.0 Å². The lowest BCUT2D eigenvalue weighted by Gasteiger charge is -2.17. The summed E-state index contributed by atoms with van der Waals surface area (Å²) in [6.07, 6.45) is 0. The number of para-hydroxylation sites is 1. The third-order valence-corrected chi connectivity index (χ3v) is 7.56. The summed E-state index contributed by atoms with van der Waals surface area (Å²) in [6, 6.07) is 19.7. The fraction of sp³-hybridized carbons (Fsp3) is 0.0400. The molecule has 6 nitrogen and oxygen atoms in total. The number of carbonyl (C=O) groups excluding carboxylic acids is 1. The van der Waals surface area contributed by atoms with Crippen LogP contribution in [-0.4, -0.2) is 20.5 Å². The third-order valence-electron chi connectivity index (χ3n) is 5.73. The second-order valence-electron chi connectivity index (χ2n) is 7.90. The van der Waals surface area contributed by atoms with Crippen LogP contribution in [0.4, 0.5) is 5.69 Å². The molecule has 0 saturated carbocycles. The summed E-state index contributed by atoms with van der Waals surface area (Å²) in [5, 5.41) is 5.87. The highest BCUT2D eigenvalue weighted by Gasteiger charge is 2.34. The first-order valence-electron chi connectivity index (χ1n) is 10.5. The zero-order chi connectivity index (χ0) is 24.3. The second kappa shape index (κ2) is 8.46. The Morgan fingerprint density at radius 2 is 1.60 bits per heavy atom. The highest BCUT2D eigenvalue weighted by atomic mass is 35.5. The SMILES string of the molecule is O=C1C(=c2sc3nc(-c4ccc(Cl)cc4Cl)nn3c2=O)c2ccccc2N1Cc1ccc(Cl)cc1. The van der Waals surface area contributed by atoms with E-state index in [1.54, 1.807) is 35.2 Å². The van der Waals surface area contributed by atoms with E-state index in [1.165, 1.54) is 4.52 Å². The normalized spacial score (nSPS) is 14.7. The number of amides is 1. The van der Waals surface area contributed by atoms with E-state index in [-0.39, 0.29) is 5.91 Å². The Morgan fingerprint density at radius 3 is 2.34 bits per heavy atom. The minimum atomic E-state index is -0.402. The Bertz CT molecular complexity index is 1760. The van der Waals surface area contributed by atoms with Crippen molar-refractivity contribution < 1.29 is 4.79 Å². The van der Waals surface area contributed by atoms with Crippen molar-refractivity contribution in [3.05, 3.63) is 108 Å². The summed E-state index contributed by atoms with van der Waals surface area (Å²) < 4.78 is 1.51. The summed E-state index contributed by atoms with van der Waals surface area (Å²) in [7, 11) is 0. The van der Waals surface area contributed by atoms with Crippen LogP contribution in [0.15, 0.2) is 71.5 Å². The van der Waals surface area contributed by atoms with Gasteiger partial charge in [0.2, 0.25) is 4.96 Å². The van der Waals surface area contributed by atoms with Crippen LogP contribution in [0.1, 0.15) is 11.1 Å². The molecule has 0 aliphatic carbocycles. The van der Waals surface area contributed by atoms with Gasteiger partial charge in [0.05, 0.1) is 22.8 Å². The fourth-order valence-electron chi connectivity index (χ4n) is 4.10. The van der Waals surface area contributed by atoms with Crippen LogP contribution in [0.3, 0.4) is 0 Å². The van der Waals surface area contributed by atoms with E-state index in [1.807, 2.05) is 36.4 Å². The summed E-state index contributed by atoms with van der Waals surface area (Å²) in [4.78, 5) is 33.5. The maximum atomic E-state index is 13.6. The number of nitrogens with zero attached hydrogens (tertiary/aromatic N) is 4. The number of halogens is 3. The molecule has 0 fully saturated rings. The number of rotatable bonds is 3. The highest BCUT2D eigenvalue weighted by molar-refractivity contribution is 7.15. The second-order valence-corrected chi connectivity index (χ2v) is 10.2. The lowest BCUT2D eigenvalue weighted by Crippen LogP contribution is -2.32. The molecule has 3 heterocycles. The molecule has 2 aromatic heterocycles. The van der Waals surface area contributed by atoms with Crippen LogP contribution in [0.2, 0.25) is 15.1 Å². The molecule has 0 spiro atoms. The molecule has 35 heavy (non-hydrogen) atoms. The molecule has 0 N–H and O–H groups in total. The average molecular weight is 540 g/mol. The number of carbonyl (C=O) groups is 1. The van der Waals surface area contributed by atoms with Crippen LogP contribution in [0.5, 0.6) is 0 Å². The van der Waals surface area contributed by atoms with E-state index >= 15 is 0 Å². The molecule has 5 aromatic rings. The van der Waals surface area contributed by atoms with Gasteiger partial charge in [-0.3, -0.25) is 9.59 Å². The van der Waals surface area contributed by atoms with Gasteiger partial charge in [-0.15, -0.1) is 5.10 Å². The van der Waals surface area contributed by atoms with E-state index in [0.29, 0.717) is 53.6 Å². The van der Waals surface area contributed by atoms with Gasteiger partial charge in [-0.1, -0.05) is 76.5 Å². The van der Waals surface area contributed by atoms with Gasteiger partial charge in [-0.25, -0.2) is 0 Å². The maximum absolute atomic E-state index is 13.6. The van der Waals surface area contributed by atoms with E-state index in [2.05, 4.69) is 10.1 Å². The van der Waals surface area contributed by atoms with E-state index in [9.17, 15) is 9.59 Å². The van der Waals surface area contributed by atoms with Crippen LogP contribution in [-0.2, 0) is 11.3 Å². The van der Waals surface area contributed by atoms with Crippen LogP contribution in [0, 0.1) is 0 Å². The molecule has 0 bridgehead atoms. The van der Waals surface area contributed by atoms with Gasteiger partial charge in [0.1, 0.15) is 4.53 Å². The number of anilines is 1.